The summed E-state index contributed by atoms with van der Waals surface area (Å²) >= 11 is 1.64. The van der Waals surface area contributed by atoms with Crippen molar-refractivity contribution in [3.05, 3.63) is 107 Å². The highest BCUT2D eigenvalue weighted by atomic mass is 32.1. The summed E-state index contributed by atoms with van der Waals surface area (Å²) in [6, 6.07) is 22.9. The number of carbonyl (C=O) groups is 2. The van der Waals surface area contributed by atoms with Gasteiger partial charge in [-0.15, -0.1) is 11.3 Å². The molecule has 42 heavy (non-hydrogen) atoms. The van der Waals surface area contributed by atoms with Crippen LogP contribution in [0.25, 0.3) is 38.4 Å². The van der Waals surface area contributed by atoms with Crippen LogP contribution < -0.4 is 0 Å². The molecule has 9 heteroatoms. The summed E-state index contributed by atoms with van der Waals surface area (Å²) in [5, 5.41) is 18.4. The minimum absolute atomic E-state index is 0.267. The van der Waals surface area contributed by atoms with Gasteiger partial charge in [0.25, 0.3) is 11.8 Å². The molecule has 0 saturated heterocycles. The predicted molar refractivity (Wildman–Crippen MR) is 160 cm³/mol. The highest BCUT2D eigenvalue weighted by Gasteiger charge is 2.60. The first kappa shape index (κ1) is 25.0. The molecule has 2 aromatic carbocycles. The van der Waals surface area contributed by atoms with Crippen molar-refractivity contribution in [2.75, 3.05) is 0 Å². The van der Waals surface area contributed by atoms with Crippen molar-refractivity contribution in [2.24, 2.45) is 0 Å². The quantitative estimate of drug-likeness (QED) is 0.260. The average Bonchev–Trinajstić information content (AvgIpc) is 3.70. The number of aryl methyl sites for hydroxylation is 1. The van der Waals surface area contributed by atoms with Crippen LogP contribution in [0, 0.1) is 6.92 Å². The molecule has 1 aliphatic carbocycles. The van der Waals surface area contributed by atoms with E-state index in [1.54, 1.807) is 47.0 Å². The summed E-state index contributed by atoms with van der Waals surface area (Å²) in [6.45, 7) is 3.68. The molecule has 1 aliphatic heterocycles. The molecule has 8 nitrogen and oxygen atoms in total. The van der Waals surface area contributed by atoms with Gasteiger partial charge in [-0.2, -0.15) is 9.61 Å². The summed E-state index contributed by atoms with van der Waals surface area (Å²) in [7, 11) is 0. The van der Waals surface area contributed by atoms with Gasteiger partial charge in [0.1, 0.15) is 0 Å². The van der Waals surface area contributed by atoms with Crippen LogP contribution in [0.4, 0.5) is 0 Å². The number of fused-ring (bicyclic) bond motifs is 4. The number of amides is 2. The van der Waals surface area contributed by atoms with Gasteiger partial charge in [0.05, 0.1) is 33.7 Å². The molecule has 0 spiro atoms. The van der Waals surface area contributed by atoms with Crippen molar-refractivity contribution in [3.63, 3.8) is 0 Å². The maximum atomic E-state index is 13.5. The van der Waals surface area contributed by atoms with Crippen LogP contribution in [0.5, 0.6) is 0 Å². The number of thiophene rings is 1. The Hall–Kier alpha value is -4.73. The Morgan fingerprint density at radius 3 is 2.26 bits per heavy atom. The molecule has 6 aromatic rings. The lowest BCUT2D eigenvalue weighted by atomic mass is 9.61. The van der Waals surface area contributed by atoms with E-state index in [4.69, 9.17) is 4.98 Å². The summed E-state index contributed by atoms with van der Waals surface area (Å²) in [5.74, 6) is -0.642. The fourth-order valence-corrected chi connectivity index (χ4v) is 7.45. The van der Waals surface area contributed by atoms with Gasteiger partial charge in [-0.3, -0.25) is 14.5 Å². The smallest absolute Gasteiger partial charge is 0.262 e. The maximum absolute atomic E-state index is 13.5. The summed E-state index contributed by atoms with van der Waals surface area (Å²) in [4.78, 5) is 39.2. The molecule has 8 rings (SSSR count). The number of imide groups is 1. The van der Waals surface area contributed by atoms with Gasteiger partial charge < -0.3 is 5.11 Å². The lowest BCUT2D eigenvalue weighted by Gasteiger charge is -2.55. The van der Waals surface area contributed by atoms with Gasteiger partial charge in [-0.1, -0.05) is 42.5 Å². The van der Waals surface area contributed by atoms with Crippen molar-refractivity contribution >= 4 is 39.8 Å². The number of nitrogens with zero attached hydrogens (tertiary/aromatic N) is 5. The molecule has 1 N–H and O–H groups in total. The number of benzene rings is 2. The molecule has 1 fully saturated rings. The molecule has 206 valence electrons. The number of rotatable bonds is 4. The number of aliphatic hydroxyl groups is 1. The largest absolute Gasteiger partial charge is 0.390 e. The second kappa shape index (κ2) is 8.64. The third-order valence-corrected chi connectivity index (χ3v) is 9.33. The molecule has 2 aliphatic rings. The predicted octanol–water partition coefficient (Wildman–Crippen LogP) is 6.02. The van der Waals surface area contributed by atoms with Crippen LogP contribution in [0.2, 0.25) is 0 Å². The van der Waals surface area contributed by atoms with Crippen LogP contribution in [0.15, 0.2) is 84.4 Å². The van der Waals surface area contributed by atoms with E-state index in [1.807, 2.05) is 54.9 Å². The first-order valence-corrected chi connectivity index (χ1v) is 14.6. The molecule has 1 saturated carbocycles. The van der Waals surface area contributed by atoms with Gasteiger partial charge >= 0.3 is 0 Å². The normalized spacial score (nSPS) is 21.7. The Kier molecular flexibility index (Phi) is 5.15. The third-order valence-electron chi connectivity index (χ3n) is 8.43. The topological polar surface area (TPSA) is 101 Å². The van der Waals surface area contributed by atoms with E-state index in [-0.39, 0.29) is 24.7 Å². The number of carbonyl (C=O) groups excluding carboxylic acids is 2. The molecule has 4 aromatic heterocycles. The van der Waals surface area contributed by atoms with Crippen molar-refractivity contribution in [3.8, 4) is 21.7 Å². The number of pyridine rings is 1. The standard InChI is InChI=1S/C33H25N5O3S/c1-19-14-27-34-16-21-15-25(26-8-5-13-42-26)28(35-29(21)38(27)36-19)20-9-11-22(12-10-20)33(17-32(2,41)18-33)37-30(39)23-6-3-4-7-24(23)31(37)40/h3-16,41H,17-18H2,1-2H3/t32-,33-. The van der Waals surface area contributed by atoms with E-state index in [2.05, 4.69) is 22.2 Å². The van der Waals surface area contributed by atoms with Gasteiger partial charge in [-0.25, -0.2) is 9.97 Å². The Labute approximate surface area is 244 Å². The number of aromatic nitrogens is 4. The van der Waals surface area contributed by atoms with Crippen LogP contribution in [0.1, 0.15) is 51.7 Å². The fraction of sp³-hybridized carbons (Fsp3) is 0.182. The summed E-state index contributed by atoms with van der Waals surface area (Å²) < 4.78 is 1.77. The number of hydrogen-bond donors (Lipinski definition) is 1. The zero-order valence-electron chi connectivity index (χ0n) is 22.9. The van der Waals surface area contributed by atoms with E-state index < -0.39 is 11.1 Å². The van der Waals surface area contributed by atoms with Crippen molar-refractivity contribution in [2.45, 2.75) is 37.8 Å². The van der Waals surface area contributed by atoms with Crippen LogP contribution in [-0.2, 0) is 5.54 Å². The second-order valence-electron chi connectivity index (χ2n) is 11.5. The second-order valence-corrected chi connectivity index (χ2v) is 12.5. The molecule has 0 bridgehead atoms. The van der Waals surface area contributed by atoms with Crippen LogP contribution in [0.3, 0.4) is 0 Å². The van der Waals surface area contributed by atoms with Crippen molar-refractivity contribution < 1.29 is 14.7 Å². The van der Waals surface area contributed by atoms with Crippen molar-refractivity contribution in [1.29, 1.82) is 0 Å². The maximum Gasteiger partial charge on any atom is 0.262 e. The highest BCUT2D eigenvalue weighted by molar-refractivity contribution is 7.13. The van der Waals surface area contributed by atoms with Gasteiger partial charge in [0.2, 0.25) is 0 Å². The third kappa shape index (κ3) is 3.53. The van der Waals surface area contributed by atoms with E-state index in [1.165, 1.54) is 4.90 Å². The molecule has 0 unspecified atom stereocenters. The monoisotopic (exact) mass is 571 g/mol. The zero-order chi connectivity index (χ0) is 28.8. The molecule has 5 heterocycles. The Morgan fingerprint density at radius 1 is 0.905 bits per heavy atom. The fourth-order valence-electron chi connectivity index (χ4n) is 6.71. The van der Waals surface area contributed by atoms with E-state index in [9.17, 15) is 14.7 Å². The number of hydrogen-bond acceptors (Lipinski definition) is 7. The Bertz CT molecular complexity index is 2040. The lowest BCUT2D eigenvalue weighted by Crippen LogP contribution is -2.63. The molecule has 0 radical (unpaired) electrons. The van der Waals surface area contributed by atoms with Gasteiger partial charge in [0, 0.05) is 46.5 Å². The van der Waals surface area contributed by atoms with E-state index in [0.29, 0.717) is 16.8 Å². The van der Waals surface area contributed by atoms with Gasteiger partial charge in [0.15, 0.2) is 11.3 Å². The minimum Gasteiger partial charge on any atom is -0.390 e. The van der Waals surface area contributed by atoms with Crippen molar-refractivity contribution in [1.82, 2.24) is 24.5 Å². The first-order valence-electron chi connectivity index (χ1n) is 13.8. The van der Waals surface area contributed by atoms with E-state index >= 15 is 0 Å². The summed E-state index contributed by atoms with van der Waals surface area (Å²) in [5.41, 5.74) is 4.67. The molecular weight excluding hydrogens is 546 g/mol. The lowest BCUT2D eigenvalue weighted by molar-refractivity contribution is -0.118. The van der Waals surface area contributed by atoms with Gasteiger partial charge in [-0.05, 0) is 49.1 Å². The molecule has 2 amide bonds. The van der Waals surface area contributed by atoms with E-state index in [0.717, 1.165) is 44.0 Å². The SMILES string of the molecule is Cc1cc2ncc3cc(-c4cccs4)c(-c4ccc([C@]5(N6C(=O)c7ccccc7C6=O)C[C@](C)(O)C5)cc4)nc3n2n1. The average molecular weight is 572 g/mol. The molecular formula is C33H25N5O3S. The minimum atomic E-state index is -0.985. The zero-order valence-corrected chi connectivity index (χ0v) is 23.7. The Morgan fingerprint density at radius 2 is 1.62 bits per heavy atom. The van der Waals surface area contributed by atoms with Crippen LogP contribution in [-0.4, -0.2) is 47.0 Å². The summed E-state index contributed by atoms with van der Waals surface area (Å²) in [6.07, 6.45) is 2.36. The highest BCUT2D eigenvalue weighted by Crippen LogP contribution is 2.54. The Balaban J connectivity index is 1.26. The first-order chi connectivity index (χ1) is 20.2. The molecule has 0 atom stereocenters. The van der Waals surface area contributed by atoms with Crippen LogP contribution >= 0.6 is 11.3 Å².